The number of amides is 1. The molecular weight excluding hydrogens is 318 g/mol. The lowest BCUT2D eigenvalue weighted by Gasteiger charge is -2.01. The second kappa shape index (κ2) is 7.54. The number of carbonyl (C=O) groups excluding carboxylic acids is 1. The van der Waals surface area contributed by atoms with E-state index < -0.39 is 0 Å². The summed E-state index contributed by atoms with van der Waals surface area (Å²) in [5, 5.41) is 2.73. The standard InChI is InChI=1S/C9H11BrClNOS2/c10-8-2-1-7(15-8)6-14-4-3-12-9(13)5-11/h1-2H,3-6H2,(H,12,13). The SMILES string of the molecule is O=C(CCl)NCCSCc1ccc(Br)s1. The van der Waals surface area contributed by atoms with Gasteiger partial charge in [-0.2, -0.15) is 11.8 Å². The zero-order chi connectivity index (χ0) is 11.1. The number of rotatable bonds is 6. The van der Waals surface area contributed by atoms with Crippen molar-refractivity contribution in [2.45, 2.75) is 5.75 Å². The number of carbonyl (C=O) groups is 1. The van der Waals surface area contributed by atoms with Crippen LogP contribution in [0, 0.1) is 0 Å². The van der Waals surface area contributed by atoms with Crippen LogP contribution in [0.4, 0.5) is 0 Å². The largest absolute Gasteiger partial charge is 0.354 e. The van der Waals surface area contributed by atoms with Crippen molar-refractivity contribution in [3.05, 3.63) is 20.8 Å². The minimum Gasteiger partial charge on any atom is -0.354 e. The quantitative estimate of drug-likeness (QED) is 0.642. The molecule has 1 N–H and O–H groups in total. The Kier molecular flexibility index (Phi) is 6.72. The van der Waals surface area contributed by atoms with Crippen LogP contribution >= 0.6 is 50.6 Å². The first-order valence-corrected chi connectivity index (χ1v) is 7.67. The predicted octanol–water partition coefficient (Wildman–Crippen LogP) is 3.10. The van der Waals surface area contributed by atoms with E-state index >= 15 is 0 Å². The van der Waals surface area contributed by atoms with Crippen molar-refractivity contribution in [2.24, 2.45) is 0 Å². The lowest BCUT2D eigenvalue weighted by atomic mass is 10.5. The Bertz CT molecular complexity index is 319. The van der Waals surface area contributed by atoms with E-state index in [4.69, 9.17) is 11.6 Å². The average Bonchev–Trinajstić information content (AvgIpc) is 2.63. The molecule has 0 spiro atoms. The Labute approximate surface area is 111 Å². The monoisotopic (exact) mass is 327 g/mol. The topological polar surface area (TPSA) is 29.1 Å². The molecule has 6 heteroatoms. The molecule has 0 radical (unpaired) electrons. The van der Waals surface area contributed by atoms with E-state index in [9.17, 15) is 4.79 Å². The van der Waals surface area contributed by atoms with E-state index in [0.29, 0.717) is 6.54 Å². The van der Waals surface area contributed by atoms with E-state index in [1.807, 2.05) is 0 Å². The summed E-state index contributed by atoms with van der Waals surface area (Å²) in [7, 11) is 0. The highest BCUT2D eigenvalue weighted by Crippen LogP contribution is 2.25. The summed E-state index contributed by atoms with van der Waals surface area (Å²) >= 11 is 12.3. The van der Waals surface area contributed by atoms with Gasteiger partial charge < -0.3 is 5.32 Å². The summed E-state index contributed by atoms with van der Waals surface area (Å²) in [6.07, 6.45) is 0. The van der Waals surface area contributed by atoms with Gasteiger partial charge in [0.25, 0.3) is 0 Å². The van der Waals surface area contributed by atoms with Crippen molar-refractivity contribution in [3.63, 3.8) is 0 Å². The van der Waals surface area contributed by atoms with Crippen LogP contribution in [0.15, 0.2) is 15.9 Å². The highest BCUT2D eigenvalue weighted by atomic mass is 79.9. The van der Waals surface area contributed by atoms with Gasteiger partial charge in [0.1, 0.15) is 5.88 Å². The first-order chi connectivity index (χ1) is 7.22. The molecule has 0 saturated carbocycles. The Hall–Kier alpha value is 0.290. The number of hydrogen-bond donors (Lipinski definition) is 1. The molecule has 0 saturated heterocycles. The van der Waals surface area contributed by atoms with Gasteiger partial charge in [-0.15, -0.1) is 22.9 Å². The van der Waals surface area contributed by atoms with Gasteiger partial charge in [-0.25, -0.2) is 0 Å². The third-order valence-corrected chi connectivity index (χ3v) is 4.62. The van der Waals surface area contributed by atoms with Crippen molar-refractivity contribution in [1.82, 2.24) is 5.32 Å². The van der Waals surface area contributed by atoms with E-state index in [1.165, 1.54) is 4.88 Å². The molecule has 1 heterocycles. The van der Waals surface area contributed by atoms with Crippen molar-refractivity contribution in [3.8, 4) is 0 Å². The number of alkyl halides is 1. The van der Waals surface area contributed by atoms with Crippen molar-refractivity contribution in [1.29, 1.82) is 0 Å². The molecule has 15 heavy (non-hydrogen) atoms. The van der Waals surface area contributed by atoms with Gasteiger partial charge in [0, 0.05) is 22.9 Å². The Morgan fingerprint density at radius 2 is 2.40 bits per heavy atom. The summed E-state index contributed by atoms with van der Waals surface area (Å²) in [5.74, 6) is 1.85. The van der Waals surface area contributed by atoms with Crippen molar-refractivity contribution >= 4 is 56.5 Å². The minimum atomic E-state index is -0.101. The molecule has 0 atom stereocenters. The number of nitrogens with one attached hydrogen (secondary N) is 1. The first kappa shape index (κ1) is 13.4. The number of thiophene rings is 1. The molecule has 0 aliphatic carbocycles. The van der Waals surface area contributed by atoms with Gasteiger partial charge in [-0.1, -0.05) is 0 Å². The number of halogens is 2. The third-order valence-electron chi connectivity index (χ3n) is 1.56. The average molecular weight is 329 g/mol. The molecule has 0 unspecified atom stereocenters. The molecule has 0 aliphatic heterocycles. The Balaban J connectivity index is 2.05. The summed E-state index contributed by atoms with van der Waals surface area (Å²) in [5.41, 5.74) is 0. The Morgan fingerprint density at radius 3 is 3.00 bits per heavy atom. The number of hydrogen-bond acceptors (Lipinski definition) is 3. The zero-order valence-corrected chi connectivity index (χ0v) is 11.9. The predicted molar refractivity (Wildman–Crippen MR) is 71.9 cm³/mol. The normalized spacial score (nSPS) is 10.3. The fourth-order valence-electron chi connectivity index (χ4n) is 0.912. The molecule has 0 aliphatic rings. The molecule has 0 bridgehead atoms. The van der Waals surface area contributed by atoms with Gasteiger partial charge in [0.05, 0.1) is 3.79 Å². The van der Waals surface area contributed by atoms with Crippen LogP contribution in [0.5, 0.6) is 0 Å². The Morgan fingerprint density at radius 1 is 1.60 bits per heavy atom. The highest BCUT2D eigenvalue weighted by Gasteiger charge is 1.99. The van der Waals surface area contributed by atoms with Crippen LogP contribution < -0.4 is 5.32 Å². The fraction of sp³-hybridized carbons (Fsp3) is 0.444. The van der Waals surface area contributed by atoms with Crippen LogP contribution in [0.25, 0.3) is 0 Å². The molecule has 0 aromatic carbocycles. The van der Waals surface area contributed by atoms with Crippen molar-refractivity contribution in [2.75, 3.05) is 18.2 Å². The first-order valence-electron chi connectivity index (χ1n) is 4.37. The van der Waals surface area contributed by atoms with Gasteiger partial charge in [-0.3, -0.25) is 4.79 Å². The molecule has 1 aromatic rings. The lowest BCUT2D eigenvalue weighted by Crippen LogP contribution is -2.26. The highest BCUT2D eigenvalue weighted by molar-refractivity contribution is 9.11. The summed E-state index contributed by atoms with van der Waals surface area (Å²) in [4.78, 5) is 12.1. The molecule has 84 valence electrons. The second-order valence-corrected chi connectivity index (χ2v) is 6.66. The van der Waals surface area contributed by atoms with Crippen LogP contribution in [0.3, 0.4) is 0 Å². The number of thioether (sulfide) groups is 1. The van der Waals surface area contributed by atoms with Gasteiger partial charge >= 0.3 is 0 Å². The van der Waals surface area contributed by atoms with Gasteiger partial charge in [0.2, 0.25) is 5.91 Å². The third kappa shape index (κ3) is 5.80. The van der Waals surface area contributed by atoms with Gasteiger partial charge in [0.15, 0.2) is 0 Å². The maximum atomic E-state index is 10.8. The maximum absolute atomic E-state index is 10.8. The van der Waals surface area contributed by atoms with E-state index in [1.54, 1.807) is 23.1 Å². The summed E-state index contributed by atoms with van der Waals surface area (Å²) < 4.78 is 1.16. The molecule has 1 rings (SSSR count). The van der Waals surface area contributed by atoms with Crippen LogP contribution in [-0.2, 0) is 10.5 Å². The van der Waals surface area contributed by atoms with Gasteiger partial charge in [-0.05, 0) is 28.1 Å². The molecule has 2 nitrogen and oxygen atoms in total. The van der Waals surface area contributed by atoms with E-state index in [2.05, 4.69) is 33.4 Å². The van der Waals surface area contributed by atoms with Crippen LogP contribution in [-0.4, -0.2) is 24.1 Å². The molecule has 1 aromatic heterocycles. The fourth-order valence-corrected chi connectivity index (χ4v) is 3.46. The van der Waals surface area contributed by atoms with Crippen LogP contribution in [0.1, 0.15) is 4.88 Å². The molecular formula is C9H11BrClNOS2. The summed E-state index contributed by atoms with van der Waals surface area (Å²) in [6.45, 7) is 0.683. The smallest absolute Gasteiger partial charge is 0.234 e. The van der Waals surface area contributed by atoms with Crippen LogP contribution in [0.2, 0.25) is 0 Å². The minimum absolute atomic E-state index is 0.0442. The molecule has 1 amide bonds. The van der Waals surface area contributed by atoms with E-state index in [-0.39, 0.29) is 11.8 Å². The zero-order valence-electron chi connectivity index (χ0n) is 7.96. The molecule has 0 fully saturated rings. The second-order valence-electron chi connectivity index (χ2n) is 2.74. The maximum Gasteiger partial charge on any atom is 0.234 e. The lowest BCUT2D eigenvalue weighted by molar-refractivity contribution is -0.118. The van der Waals surface area contributed by atoms with Crippen molar-refractivity contribution < 1.29 is 4.79 Å². The van der Waals surface area contributed by atoms with E-state index in [0.717, 1.165) is 15.3 Å². The summed E-state index contributed by atoms with van der Waals surface area (Å²) in [6, 6.07) is 4.16.